The van der Waals surface area contributed by atoms with Gasteiger partial charge in [-0.05, 0) is 12.8 Å². The summed E-state index contributed by atoms with van der Waals surface area (Å²) in [4.78, 5) is 0. The molecule has 5 nitrogen and oxygen atoms in total. The molecule has 0 aromatic carbocycles. The van der Waals surface area contributed by atoms with Crippen LogP contribution in [0, 0.1) is 0 Å². The largest absolute Gasteiger partial charge is 0.385 e. The quantitative estimate of drug-likeness (QED) is 0.655. The lowest BCUT2D eigenvalue weighted by Gasteiger charge is -2.28. The summed E-state index contributed by atoms with van der Waals surface area (Å²) in [6.07, 6.45) is 1.14. The Hall–Kier alpha value is -0.170. The van der Waals surface area contributed by atoms with Gasteiger partial charge in [0.05, 0.1) is 17.6 Å². The number of rotatable bonds is 5. The molecule has 2 atom stereocenters. The molecule has 1 fully saturated rings. The normalized spacial score (nSPS) is 27.9. The first kappa shape index (κ1) is 12.9. The van der Waals surface area contributed by atoms with Crippen LogP contribution >= 0.6 is 0 Å². The molecule has 1 rings (SSSR count). The average molecular weight is 237 g/mol. The zero-order chi connectivity index (χ0) is 11.3. The van der Waals surface area contributed by atoms with Crippen molar-refractivity contribution in [2.24, 2.45) is 5.73 Å². The average Bonchev–Trinajstić information content (AvgIpc) is 2.18. The second kappa shape index (κ2) is 5.79. The van der Waals surface area contributed by atoms with Crippen LogP contribution in [0.3, 0.4) is 0 Å². The van der Waals surface area contributed by atoms with E-state index in [1.165, 1.54) is 0 Å². The fourth-order valence-electron chi connectivity index (χ4n) is 1.65. The van der Waals surface area contributed by atoms with Gasteiger partial charge in [-0.2, -0.15) is 0 Å². The van der Waals surface area contributed by atoms with Gasteiger partial charge in [0, 0.05) is 26.4 Å². The number of nitrogens with two attached hydrogens (primary N) is 1. The highest BCUT2D eigenvalue weighted by molar-refractivity contribution is 7.92. The van der Waals surface area contributed by atoms with Crippen molar-refractivity contribution in [2.75, 3.05) is 32.7 Å². The Balaban J connectivity index is 2.51. The first-order valence-electron chi connectivity index (χ1n) is 5.12. The first-order valence-corrected chi connectivity index (χ1v) is 6.83. The van der Waals surface area contributed by atoms with Crippen molar-refractivity contribution in [3.05, 3.63) is 0 Å². The predicted octanol–water partition coefficient (Wildman–Crippen LogP) is -0.446. The van der Waals surface area contributed by atoms with E-state index in [0.717, 1.165) is 0 Å². The molecule has 6 heteroatoms. The first-order chi connectivity index (χ1) is 7.08. The molecule has 0 amide bonds. The van der Waals surface area contributed by atoms with Gasteiger partial charge in [-0.25, -0.2) is 8.42 Å². The maximum atomic E-state index is 11.9. The van der Waals surface area contributed by atoms with Crippen molar-refractivity contribution in [3.63, 3.8) is 0 Å². The molecular formula is C9H19NO4S. The molecule has 0 aromatic rings. The van der Waals surface area contributed by atoms with Crippen LogP contribution in [0.2, 0.25) is 0 Å². The van der Waals surface area contributed by atoms with Gasteiger partial charge in [-0.15, -0.1) is 0 Å². The molecule has 0 radical (unpaired) electrons. The van der Waals surface area contributed by atoms with Crippen LogP contribution in [0.25, 0.3) is 0 Å². The van der Waals surface area contributed by atoms with E-state index in [4.69, 9.17) is 15.2 Å². The predicted molar refractivity (Wildman–Crippen MR) is 57.5 cm³/mol. The fraction of sp³-hybridized carbons (Fsp3) is 1.00. The van der Waals surface area contributed by atoms with Crippen LogP contribution in [0.4, 0.5) is 0 Å². The number of ether oxygens (including phenoxy) is 2. The standard InChI is InChI=1S/C9H19NO4S/c1-13-4-2-6-15(11,12)9-7-14-5-3-8(9)10/h8-9H,2-7,10H2,1H3. The minimum atomic E-state index is -3.13. The van der Waals surface area contributed by atoms with E-state index in [0.29, 0.717) is 26.1 Å². The summed E-state index contributed by atoms with van der Waals surface area (Å²) in [5.41, 5.74) is 5.78. The molecule has 1 aliphatic rings. The highest BCUT2D eigenvalue weighted by atomic mass is 32.2. The second-order valence-corrected chi connectivity index (χ2v) is 6.12. The van der Waals surface area contributed by atoms with Crippen LogP contribution in [-0.2, 0) is 19.3 Å². The van der Waals surface area contributed by atoms with Crippen LogP contribution in [0.1, 0.15) is 12.8 Å². The Bertz CT molecular complexity index is 278. The van der Waals surface area contributed by atoms with E-state index in [1.54, 1.807) is 7.11 Å². The fourth-order valence-corrected chi connectivity index (χ4v) is 3.45. The van der Waals surface area contributed by atoms with Gasteiger partial charge in [0.1, 0.15) is 0 Å². The van der Waals surface area contributed by atoms with Crippen LogP contribution in [-0.4, -0.2) is 52.4 Å². The van der Waals surface area contributed by atoms with E-state index in [2.05, 4.69) is 0 Å². The minimum Gasteiger partial charge on any atom is -0.385 e. The zero-order valence-electron chi connectivity index (χ0n) is 9.02. The lowest BCUT2D eigenvalue weighted by Crippen LogP contribution is -2.48. The minimum absolute atomic E-state index is 0.128. The lowest BCUT2D eigenvalue weighted by molar-refractivity contribution is 0.0891. The third-order valence-electron chi connectivity index (χ3n) is 2.59. The molecule has 0 aliphatic carbocycles. The molecule has 2 unspecified atom stereocenters. The van der Waals surface area contributed by atoms with E-state index >= 15 is 0 Å². The van der Waals surface area contributed by atoms with E-state index in [1.807, 2.05) is 0 Å². The second-order valence-electron chi connectivity index (χ2n) is 3.78. The summed E-state index contributed by atoms with van der Waals surface area (Å²) in [5, 5.41) is -0.539. The van der Waals surface area contributed by atoms with Crippen LogP contribution in [0.15, 0.2) is 0 Å². The maximum absolute atomic E-state index is 11.9. The third kappa shape index (κ3) is 3.71. The number of methoxy groups -OCH3 is 1. The molecule has 0 saturated carbocycles. The Labute approximate surface area is 90.8 Å². The van der Waals surface area contributed by atoms with Crippen molar-refractivity contribution in [3.8, 4) is 0 Å². The van der Waals surface area contributed by atoms with Crippen LogP contribution in [0.5, 0.6) is 0 Å². The van der Waals surface area contributed by atoms with Gasteiger partial charge in [0.25, 0.3) is 0 Å². The molecule has 1 saturated heterocycles. The number of hydrogen-bond donors (Lipinski definition) is 1. The van der Waals surface area contributed by atoms with Gasteiger partial charge >= 0.3 is 0 Å². The summed E-state index contributed by atoms with van der Waals surface area (Å²) in [6.45, 7) is 1.25. The highest BCUT2D eigenvalue weighted by Gasteiger charge is 2.33. The molecular weight excluding hydrogens is 218 g/mol. The van der Waals surface area contributed by atoms with Gasteiger partial charge in [-0.3, -0.25) is 0 Å². The van der Waals surface area contributed by atoms with E-state index in [-0.39, 0.29) is 18.4 Å². The van der Waals surface area contributed by atoms with Crippen LogP contribution < -0.4 is 5.73 Å². The molecule has 0 bridgehead atoms. The molecule has 1 heterocycles. The SMILES string of the molecule is COCCCS(=O)(=O)C1COCCC1N. The Morgan fingerprint density at radius 3 is 2.87 bits per heavy atom. The van der Waals surface area contributed by atoms with Gasteiger partial charge in [-0.1, -0.05) is 0 Å². The summed E-state index contributed by atoms with van der Waals surface area (Å²) < 4.78 is 33.7. The smallest absolute Gasteiger partial charge is 0.157 e. The summed E-state index contributed by atoms with van der Waals surface area (Å²) in [7, 11) is -1.58. The Morgan fingerprint density at radius 1 is 1.53 bits per heavy atom. The van der Waals surface area contributed by atoms with Crippen molar-refractivity contribution < 1.29 is 17.9 Å². The van der Waals surface area contributed by atoms with E-state index in [9.17, 15) is 8.42 Å². The zero-order valence-corrected chi connectivity index (χ0v) is 9.83. The molecule has 90 valence electrons. The number of hydrogen-bond acceptors (Lipinski definition) is 5. The molecule has 0 spiro atoms. The Morgan fingerprint density at radius 2 is 2.27 bits per heavy atom. The Kier molecular flexibility index (Phi) is 4.98. The lowest BCUT2D eigenvalue weighted by atomic mass is 10.1. The van der Waals surface area contributed by atoms with Gasteiger partial charge in [0.15, 0.2) is 9.84 Å². The molecule has 15 heavy (non-hydrogen) atoms. The summed E-state index contributed by atoms with van der Waals surface area (Å²) in [5.74, 6) is 0.128. The number of sulfone groups is 1. The monoisotopic (exact) mass is 237 g/mol. The summed E-state index contributed by atoms with van der Waals surface area (Å²) >= 11 is 0. The van der Waals surface area contributed by atoms with E-state index < -0.39 is 15.1 Å². The molecule has 1 aliphatic heterocycles. The molecule has 2 N–H and O–H groups in total. The summed E-state index contributed by atoms with van der Waals surface area (Å²) in [6, 6.07) is -0.286. The van der Waals surface area contributed by atoms with Crippen molar-refractivity contribution in [1.82, 2.24) is 0 Å². The third-order valence-corrected chi connectivity index (χ3v) is 4.86. The topological polar surface area (TPSA) is 78.6 Å². The van der Waals surface area contributed by atoms with Gasteiger partial charge in [0.2, 0.25) is 0 Å². The highest BCUT2D eigenvalue weighted by Crippen LogP contribution is 2.15. The van der Waals surface area contributed by atoms with Gasteiger partial charge < -0.3 is 15.2 Å². The van der Waals surface area contributed by atoms with Crippen molar-refractivity contribution >= 4 is 9.84 Å². The van der Waals surface area contributed by atoms with Crippen molar-refractivity contribution in [2.45, 2.75) is 24.1 Å². The van der Waals surface area contributed by atoms with Crippen molar-refractivity contribution in [1.29, 1.82) is 0 Å². The maximum Gasteiger partial charge on any atom is 0.157 e. The molecule has 0 aromatic heterocycles.